The fourth-order valence-corrected chi connectivity index (χ4v) is 3.11. The van der Waals surface area contributed by atoms with Crippen molar-refractivity contribution in [3.8, 4) is 11.4 Å². The van der Waals surface area contributed by atoms with E-state index in [1.54, 1.807) is 17.9 Å². The zero-order valence-electron chi connectivity index (χ0n) is 13.9. The molecule has 0 saturated carbocycles. The van der Waals surface area contributed by atoms with Gasteiger partial charge in [0.2, 0.25) is 17.5 Å². The van der Waals surface area contributed by atoms with E-state index in [4.69, 9.17) is 9.05 Å². The second-order valence-electron chi connectivity index (χ2n) is 6.16. The number of likely N-dealkylation sites (tertiary alicyclic amines) is 1. The molecule has 1 atom stereocenters. The topological polar surface area (TPSA) is 85.3 Å². The fraction of sp³-hybridized carbons (Fsp3) is 0.333. The Balaban J connectivity index is 1.61. The maximum absolute atomic E-state index is 12.8. The first kappa shape index (κ1) is 15.6. The number of aryl methyl sites for hydroxylation is 1. The number of rotatable bonds is 3. The van der Waals surface area contributed by atoms with E-state index >= 15 is 0 Å². The normalized spacial score (nSPS) is 17.6. The molecule has 1 aliphatic rings. The van der Waals surface area contributed by atoms with Crippen LogP contribution in [0.2, 0.25) is 0 Å². The van der Waals surface area contributed by atoms with Gasteiger partial charge in [0.05, 0.1) is 5.69 Å². The number of aromatic nitrogens is 3. The van der Waals surface area contributed by atoms with Gasteiger partial charge in [-0.2, -0.15) is 4.98 Å². The van der Waals surface area contributed by atoms with Gasteiger partial charge in [0.15, 0.2) is 0 Å². The standard InChI is InChI=1S/C18H18N4O3/c1-12-11-15(24-20-12)18(23)22-10-6-5-9-14(22)17-19-16(21-25-17)13-7-3-2-4-8-13/h2-4,7-8,11,14H,5-6,9-10H2,1H3/t14-/m1/s1. The molecule has 3 heterocycles. The van der Waals surface area contributed by atoms with Crippen LogP contribution in [0.3, 0.4) is 0 Å². The van der Waals surface area contributed by atoms with Crippen molar-refractivity contribution in [3.05, 3.63) is 53.7 Å². The summed E-state index contributed by atoms with van der Waals surface area (Å²) in [6.07, 6.45) is 2.73. The molecule has 7 heteroatoms. The molecule has 0 aliphatic carbocycles. The van der Waals surface area contributed by atoms with E-state index in [-0.39, 0.29) is 17.7 Å². The third-order valence-corrected chi connectivity index (χ3v) is 4.36. The molecule has 3 aromatic rings. The van der Waals surface area contributed by atoms with Crippen molar-refractivity contribution < 1.29 is 13.8 Å². The molecule has 1 fully saturated rings. The van der Waals surface area contributed by atoms with E-state index in [1.165, 1.54) is 0 Å². The molecule has 0 N–H and O–H groups in total. The second kappa shape index (κ2) is 6.51. The molecule has 0 bridgehead atoms. The number of carbonyl (C=O) groups excluding carboxylic acids is 1. The summed E-state index contributed by atoms with van der Waals surface area (Å²) in [5.41, 5.74) is 1.57. The van der Waals surface area contributed by atoms with E-state index in [9.17, 15) is 4.79 Å². The minimum Gasteiger partial charge on any atom is -0.351 e. The molecule has 128 valence electrons. The summed E-state index contributed by atoms with van der Waals surface area (Å²) < 4.78 is 10.6. The lowest BCUT2D eigenvalue weighted by molar-refractivity contribution is 0.0520. The Morgan fingerprint density at radius 1 is 1.16 bits per heavy atom. The van der Waals surface area contributed by atoms with Crippen LogP contribution in [0.5, 0.6) is 0 Å². The van der Waals surface area contributed by atoms with Gasteiger partial charge in [0.25, 0.3) is 5.91 Å². The van der Waals surface area contributed by atoms with E-state index in [0.29, 0.717) is 24.0 Å². The van der Waals surface area contributed by atoms with Crippen molar-refractivity contribution in [1.29, 1.82) is 0 Å². The van der Waals surface area contributed by atoms with Gasteiger partial charge in [-0.3, -0.25) is 4.79 Å². The van der Waals surface area contributed by atoms with Gasteiger partial charge in [0.1, 0.15) is 6.04 Å². The van der Waals surface area contributed by atoms with E-state index in [0.717, 1.165) is 24.8 Å². The van der Waals surface area contributed by atoms with Crippen LogP contribution < -0.4 is 0 Å². The van der Waals surface area contributed by atoms with Gasteiger partial charge in [0, 0.05) is 18.2 Å². The smallest absolute Gasteiger partial charge is 0.293 e. The largest absolute Gasteiger partial charge is 0.351 e. The minimum absolute atomic E-state index is 0.190. The summed E-state index contributed by atoms with van der Waals surface area (Å²) in [6.45, 7) is 2.42. The summed E-state index contributed by atoms with van der Waals surface area (Å²) in [5.74, 6) is 1.05. The number of benzene rings is 1. The summed E-state index contributed by atoms with van der Waals surface area (Å²) in [5, 5.41) is 7.87. The van der Waals surface area contributed by atoms with Crippen LogP contribution in [0.1, 0.15) is 47.4 Å². The quantitative estimate of drug-likeness (QED) is 0.727. The van der Waals surface area contributed by atoms with Crippen LogP contribution in [0.25, 0.3) is 11.4 Å². The lowest BCUT2D eigenvalue weighted by atomic mass is 10.0. The summed E-state index contributed by atoms with van der Waals surface area (Å²) >= 11 is 0. The van der Waals surface area contributed by atoms with E-state index in [1.807, 2.05) is 30.3 Å². The van der Waals surface area contributed by atoms with Crippen molar-refractivity contribution in [2.45, 2.75) is 32.2 Å². The van der Waals surface area contributed by atoms with Crippen LogP contribution in [0, 0.1) is 6.92 Å². The summed E-state index contributed by atoms with van der Waals surface area (Å²) in [4.78, 5) is 19.0. The fourth-order valence-electron chi connectivity index (χ4n) is 3.11. The third-order valence-electron chi connectivity index (χ3n) is 4.36. The first-order valence-corrected chi connectivity index (χ1v) is 8.35. The Labute approximate surface area is 144 Å². The molecule has 2 aromatic heterocycles. The van der Waals surface area contributed by atoms with Crippen molar-refractivity contribution in [2.24, 2.45) is 0 Å². The Morgan fingerprint density at radius 3 is 2.76 bits per heavy atom. The third kappa shape index (κ3) is 3.05. The molecular formula is C18H18N4O3. The molecule has 0 spiro atoms. The van der Waals surface area contributed by atoms with Crippen molar-refractivity contribution in [3.63, 3.8) is 0 Å². The van der Waals surface area contributed by atoms with Gasteiger partial charge in [-0.1, -0.05) is 40.6 Å². The molecule has 1 amide bonds. The zero-order valence-corrected chi connectivity index (χ0v) is 13.9. The van der Waals surface area contributed by atoms with Crippen molar-refractivity contribution in [2.75, 3.05) is 6.54 Å². The molecule has 4 rings (SSSR count). The first-order valence-electron chi connectivity index (χ1n) is 8.35. The Morgan fingerprint density at radius 2 is 2.00 bits per heavy atom. The lowest BCUT2D eigenvalue weighted by Crippen LogP contribution is -2.38. The highest BCUT2D eigenvalue weighted by Crippen LogP contribution is 2.32. The average Bonchev–Trinajstić information content (AvgIpc) is 3.31. The molecule has 1 saturated heterocycles. The van der Waals surface area contributed by atoms with Gasteiger partial charge in [-0.05, 0) is 26.2 Å². The summed E-state index contributed by atoms with van der Waals surface area (Å²) in [7, 11) is 0. The predicted octanol–water partition coefficient (Wildman–Crippen LogP) is 3.40. The van der Waals surface area contributed by atoms with Crippen molar-refractivity contribution >= 4 is 5.91 Å². The highest BCUT2D eigenvalue weighted by molar-refractivity contribution is 5.91. The first-order chi connectivity index (χ1) is 12.2. The molecule has 1 aliphatic heterocycles. The highest BCUT2D eigenvalue weighted by atomic mass is 16.5. The Bertz CT molecular complexity index is 871. The average molecular weight is 338 g/mol. The monoisotopic (exact) mass is 338 g/mol. The summed E-state index contributed by atoms with van der Waals surface area (Å²) in [6, 6.07) is 11.0. The number of hydrogen-bond acceptors (Lipinski definition) is 6. The SMILES string of the molecule is Cc1cc(C(=O)N2CCCC[C@@H]2c2nc(-c3ccccc3)no2)on1. The number of piperidine rings is 1. The van der Waals surface area contributed by atoms with Crippen LogP contribution in [0.15, 0.2) is 45.4 Å². The van der Waals surface area contributed by atoms with Gasteiger partial charge >= 0.3 is 0 Å². The minimum atomic E-state index is -0.239. The van der Waals surface area contributed by atoms with Crippen LogP contribution in [0.4, 0.5) is 0 Å². The number of amides is 1. The van der Waals surface area contributed by atoms with Crippen LogP contribution in [-0.2, 0) is 0 Å². The van der Waals surface area contributed by atoms with E-state index in [2.05, 4.69) is 15.3 Å². The number of hydrogen-bond donors (Lipinski definition) is 0. The van der Waals surface area contributed by atoms with E-state index < -0.39 is 0 Å². The maximum atomic E-state index is 12.8. The zero-order chi connectivity index (χ0) is 17.2. The molecule has 1 aromatic carbocycles. The predicted molar refractivity (Wildman–Crippen MR) is 88.6 cm³/mol. The van der Waals surface area contributed by atoms with Crippen LogP contribution >= 0.6 is 0 Å². The van der Waals surface area contributed by atoms with Gasteiger partial charge in [-0.25, -0.2) is 0 Å². The maximum Gasteiger partial charge on any atom is 0.293 e. The second-order valence-corrected chi connectivity index (χ2v) is 6.16. The van der Waals surface area contributed by atoms with Gasteiger partial charge in [-0.15, -0.1) is 0 Å². The molecule has 0 radical (unpaired) electrons. The van der Waals surface area contributed by atoms with Crippen molar-refractivity contribution in [1.82, 2.24) is 20.2 Å². The number of nitrogens with zero attached hydrogens (tertiary/aromatic N) is 4. The van der Waals surface area contributed by atoms with Gasteiger partial charge < -0.3 is 13.9 Å². The molecular weight excluding hydrogens is 320 g/mol. The van der Waals surface area contributed by atoms with Crippen LogP contribution in [-0.4, -0.2) is 32.6 Å². The lowest BCUT2D eigenvalue weighted by Gasteiger charge is -2.32. The Kier molecular flexibility index (Phi) is 4.05. The molecule has 7 nitrogen and oxygen atoms in total. The molecule has 25 heavy (non-hydrogen) atoms. The number of carbonyl (C=O) groups is 1. The Hall–Kier alpha value is -2.96. The highest BCUT2D eigenvalue weighted by Gasteiger charge is 2.34. The molecule has 0 unspecified atom stereocenters.